The van der Waals surface area contributed by atoms with Gasteiger partial charge >= 0.3 is 0 Å². The van der Waals surface area contributed by atoms with Gasteiger partial charge in [-0.3, -0.25) is 4.79 Å². The quantitative estimate of drug-likeness (QED) is 0.775. The fourth-order valence-corrected chi connectivity index (χ4v) is 3.32. The van der Waals surface area contributed by atoms with Crippen molar-refractivity contribution in [1.82, 2.24) is 14.3 Å². The Labute approximate surface area is 143 Å². The van der Waals surface area contributed by atoms with E-state index in [-0.39, 0.29) is 16.4 Å². The lowest BCUT2D eigenvalue weighted by atomic mass is 9.90. The van der Waals surface area contributed by atoms with Gasteiger partial charge in [0.1, 0.15) is 5.39 Å². The van der Waals surface area contributed by atoms with Crippen LogP contribution >= 0.6 is 0 Å². The molecule has 5 heteroatoms. The molecule has 24 heavy (non-hydrogen) atoms. The second-order valence-corrected chi connectivity index (χ2v) is 7.59. The molecule has 3 heterocycles. The molecule has 0 saturated carbocycles. The molecule has 3 rings (SSSR count). The second kappa shape index (κ2) is 7.49. The van der Waals surface area contributed by atoms with Gasteiger partial charge in [0.05, 0.1) is 6.20 Å². The minimum absolute atomic E-state index is 0.0471. The zero-order valence-electron chi connectivity index (χ0n) is 15.7. The van der Waals surface area contributed by atoms with E-state index in [0.717, 1.165) is 12.1 Å². The van der Waals surface area contributed by atoms with Crippen molar-refractivity contribution < 1.29 is 4.39 Å². The Morgan fingerprint density at radius 1 is 1.21 bits per heavy atom. The zero-order valence-corrected chi connectivity index (χ0v) is 15.7. The second-order valence-electron chi connectivity index (χ2n) is 7.59. The molecule has 0 radical (unpaired) electrons. The van der Waals surface area contributed by atoms with Crippen molar-refractivity contribution in [3.8, 4) is 0 Å². The van der Waals surface area contributed by atoms with Crippen molar-refractivity contribution in [3.05, 3.63) is 28.2 Å². The molecule has 0 N–H and O–H groups in total. The van der Waals surface area contributed by atoms with Crippen molar-refractivity contribution in [2.75, 3.05) is 0 Å². The summed E-state index contributed by atoms with van der Waals surface area (Å²) in [7, 11) is 1.54. The van der Waals surface area contributed by atoms with Crippen molar-refractivity contribution in [2.24, 2.45) is 12.5 Å². The molecule has 0 saturated heterocycles. The van der Waals surface area contributed by atoms with E-state index in [2.05, 4.69) is 32.8 Å². The standard InChI is InChI=1S/C12H14FN3O.C7H16/c1-12(2)4-8-7-5-14-15(3)11(17)9(7)10(13)16(8)6-12;1-3-5-7-6-4-2/h5H,4,6H2,1-3H3;3-7H2,1-2H3. The van der Waals surface area contributed by atoms with E-state index in [1.54, 1.807) is 10.8 Å². The maximum Gasteiger partial charge on any atom is 0.279 e. The molecule has 0 spiro atoms. The van der Waals surface area contributed by atoms with Gasteiger partial charge in [0.25, 0.3) is 5.56 Å². The first-order valence-corrected chi connectivity index (χ1v) is 9.05. The Bertz CT molecular complexity index is 754. The van der Waals surface area contributed by atoms with Gasteiger partial charge in [-0.05, 0) is 11.8 Å². The number of hydrogen-bond donors (Lipinski definition) is 0. The van der Waals surface area contributed by atoms with Crippen molar-refractivity contribution >= 4 is 10.8 Å². The van der Waals surface area contributed by atoms with Gasteiger partial charge in [-0.2, -0.15) is 9.49 Å². The molecule has 4 nitrogen and oxygen atoms in total. The SMILES string of the molecule is CCCCCCC.Cn1ncc2c3n(c(F)c2c1=O)CC(C)(C)C3. The predicted molar refractivity (Wildman–Crippen MR) is 96.9 cm³/mol. The summed E-state index contributed by atoms with van der Waals surface area (Å²) in [5.41, 5.74) is 0.582. The van der Waals surface area contributed by atoms with Gasteiger partial charge in [0.15, 0.2) is 0 Å². The van der Waals surface area contributed by atoms with Crippen LogP contribution < -0.4 is 5.56 Å². The molecular weight excluding hydrogens is 305 g/mol. The van der Waals surface area contributed by atoms with Crippen LogP contribution in [0.1, 0.15) is 65.5 Å². The molecule has 2 aromatic heterocycles. The molecule has 0 amide bonds. The Kier molecular flexibility index (Phi) is 5.83. The average molecular weight is 335 g/mol. The van der Waals surface area contributed by atoms with Crippen LogP contribution in [0.3, 0.4) is 0 Å². The van der Waals surface area contributed by atoms with Crippen LogP contribution in [0, 0.1) is 11.4 Å². The lowest BCUT2D eigenvalue weighted by molar-refractivity contribution is 0.342. The number of aromatic nitrogens is 3. The van der Waals surface area contributed by atoms with Gasteiger partial charge < -0.3 is 4.57 Å². The van der Waals surface area contributed by atoms with E-state index in [1.807, 2.05) is 0 Å². The topological polar surface area (TPSA) is 39.8 Å². The van der Waals surface area contributed by atoms with Gasteiger partial charge in [0, 0.05) is 24.7 Å². The number of nitrogens with zero attached hydrogens (tertiary/aromatic N) is 3. The van der Waals surface area contributed by atoms with Crippen molar-refractivity contribution in [2.45, 2.75) is 72.8 Å². The zero-order chi connectivity index (χ0) is 17.9. The summed E-state index contributed by atoms with van der Waals surface area (Å²) in [6.07, 6.45) is 9.38. The first kappa shape index (κ1) is 18.7. The van der Waals surface area contributed by atoms with E-state index in [4.69, 9.17) is 0 Å². The summed E-state index contributed by atoms with van der Waals surface area (Å²) in [4.78, 5) is 11.9. The van der Waals surface area contributed by atoms with E-state index in [0.29, 0.717) is 11.9 Å². The van der Waals surface area contributed by atoms with Crippen LogP contribution in [0.15, 0.2) is 11.0 Å². The maximum atomic E-state index is 14.2. The van der Waals surface area contributed by atoms with Crippen LogP contribution in [0.5, 0.6) is 0 Å². The number of halogens is 1. The molecule has 0 unspecified atom stereocenters. The molecule has 1 aliphatic rings. The lowest BCUT2D eigenvalue weighted by Crippen LogP contribution is -2.20. The van der Waals surface area contributed by atoms with Gasteiger partial charge in [0.2, 0.25) is 5.95 Å². The summed E-state index contributed by atoms with van der Waals surface area (Å²) in [5.74, 6) is -0.413. The van der Waals surface area contributed by atoms with Crippen LogP contribution in [0.4, 0.5) is 4.39 Å². The predicted octanol–water partition coefficient (Wildman–Crippen LogP) is 4.43. The maximum absolute atomic E-state index is 14.2. The summed E-state index contributed by atoms with van der Waals surface area (Å²) in [6, 6.07) is 0. The Hall–Kier alpha value is -1.65. The smallest absolute Gasteiger partial charge is 0.279 e. The third-order valence-corrected chi connectivity index (χ3v) is 4.66. The van der Waals surface area contributed by atoms with E-state index in [9.17, 15) is 9.18 Å². The number of hydrogen-bond acceptors (Lipinski definition) is 2. The fourth-order valence-electron chi connectivity index (χ4n) is 3.32. The Balaban J connectivity index is 0.000000256. The largest absolute Gasteiger partial charge is 0.320 e. The van der Waals surface area contributed by atoms with Gasteiger partial charge in [-0.25, -0.2) is 4.68 Å². The summed E-state index contributed by atoms with van der Waals surface area (Å²) < 4.78 is 17.0. The fraction of sp³-hybridized carbons (Fsp3) is 0.684. The van der Waals surface area contributed by atoms with E-state index in [1.165, 1.54) is 43.8 Å². The highest BCUT2D eigenvalue weighted by Gasteiger charge is 2.34. The molecule has 1 aliphatic heterocycles. The van der Waals surface area contributed by atoms with Crippen LogP contribution in [0.25, 0.3) is 10.8 Å². The van der Waals surface area contributed by atoms with E-state index >= 15 is 0 Å². The summed E-state index contributed by atoms with van der Waals surface area (Å²) >= 11 is 0. The normalized spacial score (nSPS) is 15.2. The van der Waals surface area contributed by atoms with Gasteiger partial charge in [-0.15, -0.1) is 0 Å². The number of rotatable bonds is 4. The first-order valence-electron chi connectivity index (χ1n) is 9.05. The van der Waals surface area contributed by atoms with Crippen LogP contribution in [0.2, 0.25) is 0 Å². The molecule has 0 atom stereocenters. The number of unbranched alkanes of at least 4 members (excludes halogenated alkanes) is 4. The third-order valence-electron chi connectivity index (χ3n) is 4.66. The Morgan fingerprint density at radius 2 is 1.83 bits per heavy atom. The van der Waals surface area contributed by atoms with Crippen molar-refractivity contribution in [3.63, 3.8) is 0 Å². The molecule has 134 valence electrons. The summed E-state index contributed by atoms with van der Waals surface area (Å²) in [6.45, 7) is 9.30. The molecule has 0 bridgehead atoms. The highest BCUT2D eigenvalue weighted by molar-refractivity contribution is 5.85. The minimum atomic E-state index is -0.413. The minimum Gasteiger partial charge on any atom is -0.320 e. The van der Waals surface area contributed by atoms with Gasteiger partial charge in [-0.1, -0.05) is 59.8 Å². The third kappa shape index (κ3) is 3.70. The number of aryl methyl sites for hydroxylation is 1. The summed E-state index contributed by atoms with van der Waals surface area (Å²) in [5, 5.41) is 4.81. The highest BCUT2D eigenvalue weighted by atomic mass is 19.1. The van der Waals surface area contributed by atoms with Crippen LogP contribution in [-0.4, -0.2) is 14.3 Å². The Morgan fingerprint density at radius 3 is 2.42 bits per heavy atom. The monoisotopic (exact) mass is 335 g/mol. The number of fused-ring (bicyclic) bond motifs is 3. The molecule has 2 aromatic rings. The van der Waals surface area contributed by atoms with Crippen LogP contribution in [-0.2, 0) is 20.0 Å². The first-order chi connectivity index (χ1) is 11.3. The van der Waals surface area contributed by atoms with E-state index < -0.39 is 5.95 Å². The highest BCUT2D eigenvalue weighted by Crippen LogP contribution is 2.37. The molecule has 0 aliphatic carbocycles. The average Bonchev–Trinajstić information content (AvgIpc) is 2.97. The molecule has 0 fully saturated rings. The van der Waals surface area contributed by atoms with Crippen molar-refractivity contribution in [1.29, 1.82) is 0 Å². The molecule has 0 aromatic carbocycles. The molecular formula is C19H30FN3O. The lowest BCUT2D eigenvalue weighted by Gasteiger charge is -2.15.